The van der Waals surface area contributed by atoms with Crippen LogP contribution in [0, 0.1) is 20.8 Å². The average Bonchev–Trinajstić information content (AvgIpc) is 1.93. The molecule has 0 spiro atoms. The van der Waals surface area contributed by atoms with E-state index in [1.54, 1.807) is 0 Å². The van der Waals surface area contributed by atoms with E-state index in [0.717, 1.165) is 78.5 Å². The second kappa shape index (κ2) is 21.0. The van der Waals surface area contributed by atoms with E-state index in [2.05, 4.69) is 341 Å². The summed E-state index contributed by atoms with van der Waals surface area (Å²) in [7, 11) is 0. The average molecular weight is 1070 g/mol. The topological polar surface area (TPSA) is 9.72 Å². The van der Waals surface area contributed by atoms with Gasteiger partial charge in [-0.05, 0) is 173 Å². The van der Waals surface area contributed by atoms with Gasteiger partial charge in [-0.15, -0.1) is 0 Å². The summed E-state index contributed by atoms with van der Waals surface area (Å²) in [5.74, 6) is 0. The molecule has 0 bridgehead atoms. The minimum absolute atomic E-state index is 0.397. The van der Waals surface area contributed by atoms with Crippen molar-refractivity contribution in [2.75, 3.05) is 14.7 Å². The Kier molecular flexibility index (Phi) is 12.9. The molecular weight excluding hydrogens is 1000 g/mol. The van der Waals surface area contributed by atoms with Crippen LogP contribution in [0.4, 0.5) is 51.2 Å². The van der Waals surface area contributed by atoms with E-state index in [9.17, 15) is 0 Å². The van der Waals surface area contributed by atoms with Gasteiger partial charge in [0.25, 0.3) is 0 Å². The fraction of sp³-hybridized carbons (Fsp3) is 0.0750. The molecule has 0 N–H and O–H groups in total. The number of aryl methyl sites for hydroxylation is 3. The van der Waals surface area contributed by atoms with E-state index in [1.165, 1.54) is 66.6 Å². The van der Waals surface area contributed by atoms with Crippen LogP contribution in [0.1, 0.15) is 41.7 Å². The molecule has 0 saturated heterocycles. The second-order valence-electron chi connectivity index (χ2n) is 22.8. The molecule has 13 aromatic rings. The summed E-state index contributed by atoms with van der Waals surface area (Å²) < 4.78 is 0. The number of nitrogens with zero attached hydrogens (tertiary/aromatic N) is 3. The molecule has 1 aliphatic carbocycles. The number of fused-ring (bicyclic) bond motifs is 5. The number of hydrogen-bond donors (Lipinski definition) is 0. The van der Waals surface area contributed by atoms with Crippen LogP contribution in [-0.2, 0) is 5.41 Å². The lowest BCUT2D eigenvalue weighted by Gasteiger charge is -2.34. The van der Waals surface area contributed by atoms with E-state index in [0.29, 0.717) is 0 Å². The van der Waals surface area contributed by atoms with Crippen molar-refractivity contribution in [3.8, 4) is 44.5 Å². The Morgan fingerprint density at radius 2 is 0.554 bits per heavy atom. The predicted octanol–water partition coefficient (Wildman–Crippen LogP) is 22.6. The van der Waals surface area contributed by atoms with Crippen molar-refractivity contribution >= 4 is 72.7 Å². The molecule has 0 atom stereocenters. The smallest absolute Gasteiger partial charge is 0.0620 e. The van der Waals surface area contributed by atoms with Gasteiger partial charge in [0.2, 0.25) is 0 Å². The predicted molar refractivity (Wildman–Crippen MR) is 354 cm³/mol. The molecule has 13 aromatic carbocycles. The first-order chi connectivity index (χ1) is 40.6. The van der Waals surface area contributed by atoms with Gasteiger partial charge >= 0.3 is 0 Å². The molecule has 0 aromatic heterocycles. The van der Waals surface area contributed by atoms with E-state index < -0.39 is 5.41 Å². The van der Waals surface area contributed by atoms with Gasteiger partial charge in [-0.3, -0.25) is 0 Å². The first-order valence-electron chi connectivity index (χ1n) is 28.9. The van der Waals surface area contributed by atoms with Crippen molar-refractivity contribution < 1.29 is 0 Å². The zero-order valence-corrected chi connectivity index (χ0v) is 47.6. The van der Waals surface area contributed by atoms with Crippen LogP contribution >= 0.6 is 0 Å². The molecule has 398 valence electrons. The minimum Gasteiger partial charge on any atom is -0.310 e. The third kappa shape index (κ3) is 9.31. The Balaban J connectivity index is 1.06. The van der Waals surface area contributed by atoms with Gasteiger partial charge < -0.3 is 14.7 Å². The van der Waals surface area contributed by atoms with Crippen molar-refractivity contribution in [3.05, 3.63) is 319 Å². The highest BCUT2D eigenvalue weighted by Gasteiger charge is 2.38. The van der Waals surface area contributed by atoms with Crippen molar-refractivity contribution in [1.29, 1.82) is 0 Å². The highest BCUT2D eigenvalue weighted by atomic mass is 15.2. The fourth-order valence-electron chi connectivity index (χ4n) is 12.7. The third-order valence-corrected chi connectivity index (χ3v) is 17.0. The maximum atomic E-state index is 2.56. The van der Waals surface area contributed by atoms with Crippen molar-refractivity contribution in [2.24, 2.45) is 0 Å². The molecule has 1 aliphatic rings. The fourth-order valence-corrected chi connectivity index (χ4v) is 12.7. The Hall–Kier alpha value is -10.2. The molecule has 83 heavy (non-hydrogen) atoms. The van der Waals surface area contributed by atoms with Crippen LogP contribution in [0.15, 0.2) is 291 Å². The molecule has 0 heterocycles. The van der Waals surface area contributed by atoms with E-state index in [1.807, 2.05) is 0 Å². The number of hydrogen-bond acceptors (Lipinski definition) is 3. The summed E-state index contributed by atoms with van der Waals surface area (Å²) in [5, 5.41) is 4.63. The molecule has 0 saturated carbocycles. The Morgan fingerprint density at radius 3 is 0.976 bits per heavy atom. The quantitative estimate of drug-likeness (QED) is 0.0892. The van der Waals surface area contributed by atoms with E-state index in [4.69, 9.17) is 0 Å². The summed E-state index contributed by atoms with van der Waals surface area (Å²) in [4.78, 5) is 7.47. The summed E-state index contributed by atoms with van der Waals surface area (Å²) in [6.07, 6.45) is 0. The van der Waals surface area contributed by atoms with E-state index in [-0.39, 0.29) is 0 Å². The van der Waals surface area contributed by atoms with Gasteiger partial charge in [0.05, 0.1) is 11.4 Å². The van der Waals surface area contributed by atoms with Gasteiger partial charge in [-0.2, -0.15) is 0 Å². The molecule has 0 amide bonds. The van der Waals surface area contributed by atoms with Crippen LogP contribution in [0.3, 0.4) is 0 Å². The zero-order valence-electron chi connectivity index (χ0n) is 47.6. The summed E-state index contributed by atoms with van der Waals surface area (Å²) >= 11 is 0. The van der Waals surface area contributed by atoms with Crippen LogP contribution in [0.5, 0.6) is 0 Å². The number of rotatable bonds is 12. The lowest BCUT2D eigenvalue weighted by molar-refractivity contribution is 0.661. The van der Waals surface area contributed by atoms with Gasteiger partial charge in [0.15, 0.2) is 0 Å². The standard InChI is InChI=1S/C80H63N3/c1-54-34-40-63(41-35-54)81(66-29-17-26-60(48-66)57-20-9-6-10-21-57)69-46-47-70-73-52-74-75(53-77(73)80(4,5)76(70)51-69)79(83(65-44-38-56(3)39-45-65)68-31-19-28-62(50-68)59-24-13-8-14-25-59)72-33-16-15-32-71(72)78(74)82(64-42-36-55(2)37-43-64)67-30-18-27-61(49-67)58-22-11-7-12-23-58/h6-53H,1-5H3. The van der Waals surface area contributed by atoms with Crippen molar-refractivity contribution in [3.63, 3.8) is 0 Å². The largest absolute Gasteiger partial charge is 0.310 e. The number of benzene rings is 13. The Labute approximate surface area is 488 Å². The zero-order chi connectivity index (χ0) is 56.2. The second-order valence-corrected chi connectivity index (χ2v) is 22.8. The maximum absolute atomic E-state index is 2.56. The third-order valence-electron chi connectivity index (χ3n) is 17.0. The summed E-state index contributed by atoms with van der Waals surface area (Å²) in [5.41, 5.74) is 25.3. The number of anilines is 9. The highest BCUT2D eigenvalue weighted by molar-refractivity contribution is 6.24. The van der Waals surface area contributed by atoms with E-state index >= 15 is 0 Å². The molecule has 14 rings (SSSR count). The van der Waals surface area contributed by atoms with Gasteiger partial charge in [0.1, 0.15) is 0 Å². The van der Waals surface area contributed by atoms with Crippen molar-refractivity contribution in [2.45, 2.75) is 40.0 Å². The Morgan fingerprint density at radius 1 is 0.229 bits per heavy atom. The molecule has 0 unspecified atom stereocenters. The van der Waals surface area contributed by atoms with Crippen LogP contribution in [-0.4, -0.2) is 0 Å². The van der Waals surface area contributed by atoms with Crippen LogP contribution < -0.4 is 14.7 Å². The summed E-state index contributed by atoms with van der Waals surface area (Å²) in [6.45, 7) is 11.4. The normalized spacial score (nSPS) is 12.3. The highest BCUT2D eigenvalue weighted by Crippen LogP contribution is 2.57. The maximum Gasteiger partial charge on any atom is 0.0620 e. The lowest BCUT2D eigenvalue weighted by Crippen LogP contribution is -2.17. The monoisotopic (exact) mass is 1070 g/mol. The molecule has 3 heteroatoms. The first kappa shape index (κ1) is 51.0. The first-order valence-corrected chi connectivity index (χ1v) is 28.9. The molecule has 0 radical (unpaired) electrons. The molecule has 0 fully saturated rings. The van der Waals surface area contributed by atoms with Gasteiger partial charge in [-0.1, -0.05) is 225 Å². The lowest BCUT2D eigenvalue weighted by atomic mass is 9.81. The molecular formula is C80H63N3. The van der Waals surface area contributed by atoms with Crippen LogP contribution in [0.2, 0.25) is 0 Å². The summed E-state index contributed by atoms with van der Waals surface area (Å²) in [6, 6.07) is 108. The van der Waals surface area contributed by atoms with Crippen LogP contribution in [0.25, 0.3) is 66.1 Å². The van der Waals surface area contributed by atoms with Crippen molar-refractivity contribution in [1.82, 2.24) is 0 Å². The molecule has 0 aliphatic heterocycles. The van der Waals surface area contributed by atoms with Gasteiger partial charge in [-0.25, -0.2) is 0 Å². The Bertz CT molecular complexity index is 4530. The van der Waals surface area contributed by atoms with Gasteiger partial charge in [0, 0.05) is 66.8 Å². The minimum atomic E-state index is -0.397. The molecule has 3 nitrogen and oxygen atoms in total. The SMILES string of the molecule is Cc1ccc(N(c2cccc(-c3ccccc3)c2)c2ccc3c(c2)C(C)(C)c2cc4c(N(c5ccc(C)cc5)c5cccc(-c6ccccc6)c5)c5ccccc5c(N(c5ccc(C)cc5)c5cccc(-c6ccccc6)c5)c4cc2-3)cc1.